The molecule has 0 saturated heterocycles. The number of aromatic nitrogens is 1. The van der Waals surface area contributed by atoms with Crippen LogP contribution < -0.4 is 5.32 Å². The molecule has 0 radical (unpaired) electrons. The van der Waals surface area contributed by atoms with E-state index in [-0.39, 0.29) is 10.6 Å². The lowest BCUT2D eigenvalue weighted by Gasteiger charge is -2.03. The van der Waals surface area contributed by atoms with Crippen LogP contribution >= 0.6 is 22.9 Å². The lowest BCUT2D eigenvalue weighted by molar-refractivity contribution is 0.102. The van der Waals surface area contributed by atoms with Crippen LogP contribution in [-0.2, 0) is 0 Å². The Balaban J connectivity index is 1.85. The molecular formula is C17H12ClFN2OS. The van der Waals surface area contributed by atoms with Crippen LogP contribution in [0.15, 0.2) is 48.5 Å². The Labute approximate surface area is 141 Å². The van der Waals surface area contributed by atoms with Crippen molar-refractivity contribution < 1.29 is 9.18 Å². The first-order chi connectivity index (χ1) is 11.0. The summed E-state index contributed by atoms with van der Waals surface area (Å²) in [5, 5.41) is 3.26. The fourth-order valence-corrected chi connectivity index (χ4v) is 3.37. The minimum atomic E-state index is -0.483. The van der Waals surface area contributed by atoms with Crippen LogP contribution in [0, 0.1) is 12.7 Å². The predicted octanol–water partition coefficient (Wildman–Crippen LogP) is 5.16. The highest BCUT2D eigenvalue weighted by Crippen LogP contribution is 2.32. The third kappa shape index (κ3) is 3.41. The van der Waals surface area contributed by atoms with Gasteiger partial charge in [0.2, 0.25) is 0 Å². The smallest absolute Gasteiger partial charge is 0.258 e. The number of rotatable bonds is 3. The molecule has 3 aromatic rings. The molecule has 6 heteroatoms. The van der Waals surface area contributed by atoms with Crippen molar-refractivity contribution in [3.63, 3.8) is 0 Å². The lowest BCUT2D eigenvalue weighted by atomic mass is 10.2. The summed E-state index contributed by atoms with van der Waals surface area (Å²) in [6.45, 7) is 1.89. The number of anilines is 1. The first-order valence-electron chi connectivity index (χ1n) is 6.84. The van der Waals surface area contributed by atoms with E-state index >= 15 is 0 Å². The second kappa shape index (κ2) is 6.48. The van der Waals surface area contributed by atoms with E-state index in [0.717, 1.165) is 22.2 Å². The van der Waals surface area contributed by atoms with Crippen LogP contribution in [0.25, 0.3) is 10.4 Å². The van der Waals surface area contributed by atoms with Gasteiger partial charge in [-0.15, -0.1) is 0 Å². The van der Waals surface area contributed by atoms with E-state index in [1.165, 1.54) is 23.5 Å². The normalized spacial score (nSPS) is 10.6. The van der Waals surface area contributed by atoms with Crippen molar-refractivity contribution in [2.24, 2.45) is 0 Å². The van der Waals surface area contributed by atoms with E-state index in [2.05, 4.69) is 10.3 Å². The third-order valence-corrected chi connectivity index (χ3v) is 4.66. The second-order valence-electron chi connectivity index (χ2n) is 4.88. The van der Waals surface area contributed by atoms with E-state index in [1.54, 1.807) is 0 Å². The van der Waals surface area contributed by atoms with Gasteiger partial charge in [-0.1, -0.05) is 53.3 Å². The molecule has 116 valence electrons. The van der Waals surface area contributed by atoms with Gasteiger partial charge in [-0.3, -0.25) is 10.1 Å². The molecule has 1 aromatic heterocycles. The zero-order valence-electron chi connectivity index (χ0n) is 12.1. The van der Waals surface area contributed by atoms with Gasteiger partial charge in [-0.05, 0) is 30.7 Å². The van der Waals surface area contributed by atoms with Crippen LogP contribution in [-0.4, -0.2) is 10.9 Å². The molecule has 3 rings (SSSR count). The Morgan fingerprint density at radius 1 is 1.22 bits per heavy atom. The number of hydrogen-bond acceptors (Lipinski definition) is 3. The van der Waals surface area contributed by atoms with Gasteiger partial charge in [-0.2, -0.15) is 0 Å². The van der Waals surface area contributed by atoms with E-state index in [0.29, 0.717) is 5.13 Å². The summed E-state index contributed by atoms with van der Waals surface area (Å²) < 4.78 is 13.1. The maximum atomic E-state index is 13.1. The van der Waals surface area contributed by atoms with Crippen LogP contribution in [0.3, 0.4) is 0 Å². The Bertz CT molecular complexity index is 864. The number of hydrogen-bond donors (Lipinski definition) is 1. The Hall–Kier alpha value is -2.24. The van der Waals surface area contributed by atoms with Crippen molar-refractivity contribution >= 4 is 34.0 Å². The molecule has 0 bridgehead atoms. The molecule has 0 unspecified atom stereocenters. The topological polar surface area (TPSA) is 42.0 Å². The van der Waals surface area contributed by atoms with Crippen LogP contribution in [0.1, 0.15) is 16.1 Å². The summed E-state index contributed by atoms with van der Waals surface area (Å²) in [4.78, 5) is 17.6. The molecule has 0 aliphatic rings. The summed E-state index contributed by atoms with van der Waals surface area (Å²) in [5.41, 5.74) is 2.09. The predicted molar refractivity (Wildman–Crippen MR) is 91.7 cm³/mol. The van der Waals surface area contributed by atoms with Crippen molar-refractivity contribution in [3.05, 3.63) is 70.6 Å². The van der Waals surface area contributed by atoms with Crippen LogP contribution in [0.4, 0.5) is 9.52 Å². The number of benzene rings is 2. The Kier molecular flexibility index (Phi) is 4.41. The van der Waals surface area contributed by atoms with E-state index in [4.69, 9.17) is 11.6 Å². The summed E-state index contributed by atoms with van der Waals surface area (Å²) in [7, 11) is 0. The zero-order chi connectivity index (χ0) is 16.4. The minimum Gasteiger partial charge on any atom is -0.298 e. The van der Waals surface area contributed by atoms with Crippen molar-refractivity contribution in [1.82, 2.24) is 4.98 Å². The number of nitrogens with zero attached hydrogens (tertiary/aromatic N) is 1. The van der Waals surface area contributed by atoms with Gasteiger partial charge >= 0.3 is 0 Å². The zero-order valence-corrected chi connectivity index (χ0v) is 13.7. The van der Waals surface area contributed by atoms with E-state index in [9.17, 15) is 9.18 Å². The molecule has 0 fully saturated rings. The molecule has 0 aliphatic heterocycles. The molecular weight excluding hydrogens is 335 g/mol. The largest absolute Gasteiger partial charge is 0.298 e. The number of thiazole rings is 1. The highest BCUT2D eigenvalue weighted by molar-refractivity contribution is 7.19. The van der Waals surface area contributed by atoms with Gasteiger partial charge in [0.1, 0.15) is 5.82 Å². The molecule has 1 amide bonds. The van der Waals surface area contributed by atoms with Gasteiger partial charge in [0.15, 0.2) is 5.13 Å². The molecule has 2 aromatic carbocycles. The average molecular weight is 347 g/mol. The monoisotopic (exact) mass is 346 g/mol. The van der Waals surface area contributed by atoms with Crippen molar-refractivity contribution in [2.75, 3.05) is 5.32 Å². The maximum absolute atomic E-state index is 13.1. The van der Waals surface area contributed by atoms with Gasteiger partial charge in [-0.25, -0.2) is 9.37 Å². The average Bonchev–Trinajstić information content (AvgIpc) is 2.88. The summed E-state index contributed by atoms with van der Waals surface area (Å²) in [6.07, 6.45) is 0. The number of aryl methyl sites for hydroxylation is 1. The molecule has 3 nitrogen and oxygen atoms in total. The fraction of sp³-hybridized carbons (Fsp3) is 0.0588. The van der Waals surface area contributed by atoms with Crippen LogP contribution in [0.2, 0.25) is 5.02 Å². The number of carbonyl (C=O) groups excluding carboxylic acids is 1. The Morgan fingerprint density at radius 2 is 1.96 bits per heavy atom. The van der Waals surface area contributed by atoms with Gasteiger partial charge in [0.25, 0.3) is 5.91 Å². The van der Waals surface area contributed by atoms with Gasteiger partial charge in [0, 0.05) is 0 Å². The minimum absolute atomic E-state index is 0.0686. The number of carbonyl (C=O) groups is 1. The van der Waals surface area contributed by atoms with Crippen molar-refractivity contribution in [2.45, 2.75) is 6.92 Å². The first kappa shape index (κ1) is 15.6. The van der Waals surface area contributed by atoms with Crippen LogP contribution in [0.5, 0.6) is 0 Å². The standard InChI is InChI=1S/C17H12ClFN2OS/c1-10-15(11-5-3-2-4-6-11)23-17(20-10)21-16(22)13-8-7-12(19)9-14(13)18/h2-9H,1H3,(H,20,21,22). The third-order valence-electron chi connectivity index (χ3n) is 3.23. The highest BCUT2D eigenvalue weighted by Gasteiger charge is 2.15. The summed E-state index contributed by atoms with van der Waals surface area (Å²) in [6, 6.07) is 13.5. The number of halogens is 2. The number of amides is 1. The molecule has 0 aliphatic carbocycles. The molecule has 0 atom stereocenters. The number of nitrogens with one attached hydrogen (secondary N) is 1. The molecule has 1 heterocycles. The quantitative estimate of drug-likeness (QED) is 0.711. The second-order valence-corrected chi connectivity index (χ2v) is 6.28. The molecule has 23 heavy (non-hydrogen) atoms. The van der Waals surface area contributed by atoms with Crippen molar-refractivity contribution in [1.29, 1.82) is 0 Å². The molecule has 0 saturated carbocycles. The van der Waals surface area contributed by atoms with E-state index < -0.39 is 11.7 Å². The SMILES string of the molecule is Cc1nc(NC(=O)c2ccc(F)cc2Cl)sc1-c1ccccc1. The molecule has 1 N–H and O–H groups in total. The fourth-order valence-electron chi connectivity index (χ4n) is 2.15. The highest BCUT2D eigenvalue weighted by atomic mass is 35.5. The van der Waals surface area contributed by atoms with E-state index in [1.807, 2.05) is 37.3 Å². The van der Waals surface area contributed by atoms with Gasteiger partial charge < -0.3 is 0 Å². The maximum Gasteiger partial charge on any atom is 0.258 e. The lowest BCUT2D eigenvalue weighted by Crippen LogP contribution is -2.12. The Morgan fingerprint density at radius 3 is 2.65 bits per heavy atom. The first-order valence-corrected chi connectivity index (χ1v) is 8.03. The summed E-state index contributed by atoms with van der Waals surface area (Å²) in [5.74, 6) is -0.897. The summed E-state index contributed by atoms with van der Waals surface area (Å²) >= 11 is 7.29. The van der Waals surface area contributed by atoms with Gasteiger partial charge in [0.05, 0.1) is 21.2 Å². The van der Waals surface area contributed by atoms with Crippen molar-refractivity contribution in [3.8, 4) is 10.4 Å². The molecule has 0 spiro atoms.